The normalized spacial score (nSPS) is 12.2. The van der Waals surface area contributed by atoms with Crippen LogP contribution < -0.4 is 11.1 Å². The molecule has 1 aromatic heterocycles. The molecule has 0 aliphatic rings. The molecule has 1 aromatic rings. The highest BCUT2D eigenvalue weighted by Gasteiger charge is 1.95. The van der Waals surface area contributed by atoms with Gasteiger partial charge in [0.1, 0.15) is 5.84 Å². The number of hydrogen-bond donors (Lipinski definition) is 2. The molecule has 0 bridgehead atoms. The van der Waals surface area contributed by atoms with Crippen LogP contribution in [0.2, 0.25) is 0 Å². The van der Waals surface area contributed by atoms with Crippen LogP contribution in [0.3, 0.4) is 0 Å². The highest BCUT2D eigenvalue weighted by Crippen LogP contribution is 2.09. The minimum Gasteiger partial charge on any atom is -0.404 e. The Morgan fingerprint density at radius 1 is 1.83 bits per heavy atom. The van der Waals surface area contributed by atoms with Crippen molar-refractivity contribution < 1.29 is 0 Å². The van der Waals surface area contributed by atoms with Crippen LogP contribution in [0.5, 0.6) is 0 Å². The summed E-state index contributed by atoms with van der Waals surface area (Å²) >= 11 is 1.51. The molecule has 0 saturated carbocycles. The van der Waals surface area contributed by atoms with Crippen molar-refractivity contribution in [3.05, 3.63) is 23.9 Å². The molecule has 0 aromatic carbocycles. The molecule has 1 rings (SSSR count). The van der Waals surface area contributed by atoms with Gasteiger partial charge in [-0.05, 0) is 12.3 Å². The molecule has 0 radical (unpaired) electrons. The summed E-state index contributed by atoms with van der Waals surface area (Å²) in [5.41, 5.74) is 5.22. The van der Waals surface area contributed by atoms with E-state index >= 15 is 0 Å². The second-order valence-corrected chi connectivity index (χ2v) is 2.82. The number of nitrogens with zero attached hydrogens (tertiary/aromatic N) is 2. The van der Waals surface area contributed by atoms with Gasteiger partial charge in [-0.2, -0.15) is 0 Å². The Bertz CT molecular complexity index is 276. The highest BCUT2D eigenvalue weighted by atomic mass is 32.1. The van der Waals surface area contributed by atoms with Crippen LogP contribution in [-0.4, -0.2) is 17.9 Å². The lowest BCUT2D eigenvalue weighted by Gasteiger charge is -1.99. The number of aliphatic imine (C=N–C) groups is 1. The number of hydrogen-bond acceptors (Lipinski definition) is 4. The van der Waals surface area contributed by atoms with Crippen molar-refractivity contribution in [1.82, 2.24) is 4.98 Å². The molecule has 5 heteroatoms. The third kappa shape index (κ3) is 2.35. The predicted octanol–water partition coefficient (Wildman–Crippen LogP) is 1.06. The van der Waals surface area contributed by atoms with Crippen molar-refractivity contribution in [2.75, 3.05) is 12.4 Å². The van der Waals surface area contributed by atoms with Crippen LogP contribution in [-0.2, 0) is 0 Å². The zero-order valence-corrected chi connectivity index (χ0v) is 7.51. The first-order valence-corrected chi connectivity index (χ1v) is 4.26. The van der Waals surface area contributed by atoms with E-state index in [0.29, 0.717) is 5.84 Å². The molecule has 0 fully saturated rings. The minimum atomic E-state index is 0.701. The summed E-state index contributed by atoms with van der Waals surface area (Å²) in [5, 5.41) is 5.70. The van der Waals surface area contributed by atoms with Crippen molar-refractivity contribution in [3.8, 4) is 0 Å². The van der Waals surface area contributed by atoms with E-state index in [1.54, 1.807) is 19.3 Å². The second kappa shape index (κ2) is 4.50. The Morgan fingerprint density at radius 2 is 2.67 bits per heavy atom. The lowest BCUT2D eigenvalue weighted by molar-refractivity contribution is 1.38. The van der Waals surface area contributed by atoms with E-state index in [4.69, 9.17) is 5.73 Å². The monoisotopic (exact) mass is 182 g/mol. The summed E-state index contributed by atoms with van der Waals surface area (Å²) in [6.07, 6.45) is 4.84. The molecular weight excluding hydrogens is 172 g/mol. The fourth-order valence-corrected chi connectivity index (χ4v) is 1.19. The van der Waals surface area contributed by atoms with Gasteiger partial charge in [0.25, 0.3) is 0 Å². The summed E-state index contributed by atoms with van der Waals surface area (Å²) in [7, 11) is 1.69. The number of anilines is 1. The molecule has 0 saturated heterocycles. The third-order valence-electron chi connectivity index (χ3n) is 1.16. The molecule has 0 atom stereocenters. The highest BCUT2D eigenvalue weighted by molar-refractivity contribution is 7.13. The van der Waals surface area contributed by atoms with Gasteiger partial charge < -0.3 is 11.1 Å². The summed E-state index contributed by atoms with van der Waals surface area (Å²) < 4.78 is 0. The zero-order chi connectivity index (χ0) is 8.81. The average Bonchev–Trinajstić information content (AvgIpc) is 2.56. The van der Waals surface area contributed by atoms with E-state index in [9.17, 15) is 0 Å². The van der Waals surface area contributed by atoms with Gasteiger partial charge in [-0.1, -0.05) is 0 Å². The zero-order valence-electron chi connectivity index (χ0n) is 6.69. The summed E-state index contributed by atoms with van der Waals surface area (Å²) in [4.78, 5) is 8.00. The standard InChI is InChI=1S/C7H10N4S/c1-9-6(2-3-8)11-7-10-4-5-12-7/h2-5H,8H2,1H3,(H,9,10,11). The van der Waals surface area contributed by atoms with Gasteiger partial charge in [0.2, 0.25) is 0 Å². The summed E-state index contributed by atoms with van der Waals surface area (Å²) in [6, 6.07) is 0. The smallest absolute Gasteiger partial charge is 0.188 e. The summed E-state index contributed by atoms with van der Waals surface area (Å²) in [6.45, 7) is 0. The summed E-state index contributed by atoms with van der Waals surface area (Å²) in [5.74, 6) is 0.701. The second-order valence-electron chi connectivity index (χ2n) is 1.93. The minimum absolute atomic E-state index is 0.701. The molecule has 12 heavy (non-hydrogen) atoms. The van der Waals surface area contributed by atoms with Crippen LogP contribution in [0.25, 0.3) is 0 Å². The van der Waals surface area contributed by atoms with Crippen molar-refractivity contribution >= 4 is 22.3 Å². The molecule has 0 unspecified atom stereocenters. The molecular formula is C7H10N4S. The van der Waals surface area contributed by atoms with Gasteiger partial charge in [0, 0.05) is 18.6 Å². The van der Waals surface area contributed by atoms with E-state index < -0.39 is 0 Å². The number of thiazole rings is 1. The van der Waals surface area contributed by atoms with Crippen LogP contribution in [0.4, 0.5) is 5.13 Å². The van der Waals surface area contributed by atoms with E-state index in [0.717, 1.165) is 5.13 Å². The number of amidine groups is 1. The van der Waals surface area contributed by atoms with Crippen molar-refractivity contribution in [2.24, 2.45) is 10.7 Å². The molecule has 64 valence electrons. The van der Waals surface area contributed by atoms with E-state index in [1.807, 2.05) is 5.38 Å². The van der Waals surface area contributed by atoms with E-state index in [-0.39, 0.29) is 0 Å². The maximum absolute atomic E-state index is 5.22. The Kier molecular flexibility index (Phi) is 3.28. The Morgan fingerprint density at radius 3 is 3.17 bits per heavy atom. The van der Waals surface area contributed by atoms with Gasteiger partial charge in [-0.25, -0.2) is 4.98 Å². The fraction of sp³-hybridized carbons (Fsp3) is 0.143. The topological polar surface area (TPSA) is 63.3 Å². The average molecular weight is 182 g/mol. The maximum atomic E-state index is 5.22. The molecule has 0 aliphatic heterocycles. The quantitative estimate of drug-likeness (QED) is 0.531. The van der Waals surface area contributed by atoms with Crippen molar-refractivity contribution in [2.45, 2.75) is 0 Å². The van der Waals surface area contributed by atoms with Gasteiger partial charge in [0.15, 0.2) is 5.13 Å². The van der Waals surface area contributed by atoms with Gasteiger partial charge in [0.05, 0.1) is 0 Å². The first kappa shape index (κ1) is 8.73. The van der Waals surface area contributed by atoms with Gasteiger partial charge >= 0.3 is 0 Å². The largest absolute Gasteiger partial charge is 0.404 e. The van der Waals surface area contributed by atoms with Crippen molar-refractivity contribution in [1.29, 1.82) is 0 Å². The van der Waals surface area contributed by atoms with Gasteiger partial charge in [-0.3, -0.25) is 4.99 Å². The van der Waals surface area contributed by atoms with Crippen LogP contribution in [0, 0.1) is 0 Å². The van der Waals surface area contributed by atoms with E-state index in [2.05, 4.69) is 15.3 Å². The fourth-order valence-electron chi connectivity index (χ4n) is 0.658. The first-order valence-electron chi connectivity index (χ1n) is 3.38. The van der Waals surface area contributed by atoms with Crippen LogP contribution in [0.1, 0.15) is 0 Å². The number of aromatic nitrogens is 1. The molecule has 0 spiro atoms. The number of rotatable bonds is 2. The Balaban J connectivity index is 2.61. The van der Waals surface area contributed by atoms with Crippen LogP contribution in [0.15, 0.2) is 28.8 Å². The van der Waals surface area contributed by atoms with Crippen LogP contribution >= 0.6 is 11.3 Å². The Hall–Kier alpha value is -1.36. The molecule has 0 amide bonds. The maximum Gasteiger partial charge on any atom is 0.188 e. The molecule has 3 N–H and O–H groups in total. The number of nitrogens with one attached hydrogen (secondary N) is 1. The molecule has 0 aliphatic carbocycles. The lowest BCUT2D eigenvalue weighted by Crippen LogP contribution is -2.08. The van der Waals surface area contributed by atoms with Gasteiger partial charge in [-0.15, -0.1) is 11.3 Å². The molecule has 1 heterocycles. The third-order valence-corrected chi connectivity index (χ3v) is 1.85. The SMILES string of the molecule is CN=C(C=CN)Nc1nccs1. The molecule has 4 nitrogen and oxygen atoms in total. The lowest BCUT2D eigenvalue weighted by atomic mass is 10.5. The number of nitrogens with two attached hydrogens (primary N) is 1. The predicted molar refractivity (Wildman–Crippen MR) is 52.4 cm³/mol. The van der Waals surface area contributed by atoms with E-state index in [1.165, 1.54) is 17.5 Å². The first-order chi connectivity index (χ1) is 5.86. The Labute approximate surface area is 74.8 Å². The van der Waals surface area contributed by atoms with Crippen molar-refractivity contribution in [3.63, 3.8) is 0 Å².